The van der Waals surface area contributed by atoms with Gasteiger partial charge in [0.2, 0.25) is 0 Å². The molecule has 7 nitrogen and oxygen atoms in total. The van der Waals surface area contributed by atoms with Gasteiger partial charge in [0.25, 0.3) is 11.5 Å². The first-order valence-electron chi connectivity index (χ1n) is 9.52. The molecule has 2 aromatic rings. The lowest BCUT2D eigenvalue weighted by atomic mass is 10.1. The fraction of sp³-hybridized carbons (Fsp3) is 0.500. The van der Waals surface area contributed by atoms with E-state index in [4.69, 9.17) is 4.74 Å². The van der Waals surface area contributed by atoms with E-state index in [-0.39, 0.29) is 23.2 Å². The van der Waals surface area contributed by atoms with Crippen LogP contribution < -0.4 is 10.9 Å². The number of nitrogens with zero attached hydrogens (tertiary/aromatic N) is 2. The summed E-state index contributed by atoms with van der Waals surface area (Å²) in [6, 6.07) is 6.97. The highest BCUT2D eigenvalue weighted by Gasteiger charge is 2.25. The third-order valence-electron chi connectivity index (χ3n) is 4.85. The number of carbonyl (C=O) groups is 2. The van der Waals surface area contributed by atoms with E-state index < -0.39 is 12.1 Å². The summed E-state index contributed by atoms with van der Waals surface area (Å²) < 4.78 is 6.64. The van der Waals surface area contributed by atoms with Gasteiger partial charge in [-0.1, -0.05) is 38.0 Å². The van der Waals surface area contributed by atoms with Crippen LogP contribution in [-0.2, 0) is 16.1 Å². The van der Waals surface area contributed by atoms with Crippen molar-refractivity contribution >= 4 is 22.6 Å². The second kappa shape index (κ2) is 8.33. The van der Waals surface area contributed by atoms with Gasteiger partial charge in [0.05, 0.1) is 5.39 Å². The molecule has 0 radical (unpaired) electrons. The van der Waals surface area contributed by atoms with E-state index in [0.29, 0.717) is 23.7 Å². The molecule has 0 spiro atoms. The number of amides is 1. The smallest absolute Gasteiger partial charge is 0.360 e. The van der Waals surface area contributed by atoms with E-state index in [1.165, 1.54) is 4.68 Å². The van der Waals surface area contributed by atoms with Crippen LogP contribution in [0.5, 0.6) is 0 Å². The molecule has 1 aromatic heterocycles. The first-order valence-corrected chi connectivity index (χ1v) is 9.52. The lowest BCUT2D eigenvalue weighted by Crippen LogP contribution is -2.41. The molecule has 3 rings (SSSR count). The van der Waals surface area contributed by atoms with Crippen LogP contribution in [-0.4, -0.2) is 33.8 Å². The van der Waals surface area contributed by atoms with Crippen LogP contribution in [0, 0.1) is 0 Å². The van der Waals surface area contributed by atoms with E-state index in [1.807, 2.05) is 6.92 Å². The highest BCUT2D eigenvalue weighted by molar-refractivity contribution is 6.02. The zero-order valence-electron chi connectivity index (χ0n) is 15.7. The van der Waals surface area contributed by atoms with Crippen molar-refractivity contribution in [2.24, 2.45) is 0 Å². The van der Waals surface area contributed by atoms with Gasteiger partial charge < -0.3 is 10.1 Å². The van der Waals surface area contributed by atoms with Crippen LogP contribution >= 0.6 is 0 Å². The van der Waals surface area contributed by atoms with Crippen molar-refractivity contribution < 1.29 is 14.3 Å². The molecule has 0 bridgehead atoms. The number of ether oxygens (including phenoxy) is 1. The number of carbonyl (C=O) groups excluding carboxylic acids is 2. The van der Waals surface area contributed by atoms with Gasteiger partial charge >= 0.3 is 5.97 Å². The molecule has 1 aliphatic rings. The quantitative estimate of drug-likeness (QED) is 0.788. The van der Waals surface area contributed by atoms with Crippen molar-refractivity contribution in [1.82, 2.24) is 15.1 Å². The minimum atomic E-state index is -0.926. The van der Waals surface area contributed by atoms with E-state index >= 15 is 0 Å². The molecule has 1 aliphatic carbocycles. The van der Waals surface area contributed by atoms with Crippen LogP contribution in [0.4, 0.5) is 0 Å². The average molecular weight is 371 g/mol. The Kier molecular flexibility index (Phi) is 5.88. The fourth-order valence-electron chi connectivity index (χ4n) is 3.41. The maximum atomic E-state index is 12.7. The number of fused-ring (bicyclic) bond motifs is 1. The molecule has 144 valence electrons. The molecule has 1 aromatic carbocycles. The maximum Gasteiger partial charge on any atom is 0.360 e. The summed E-state index contributed by atoms with van der Waals surface area (Å²) in [5.74, 6) is -1.01. The third-order valence-corrected chi connectivity index (χ3v) is 4.85. The predicted molar refractivity (Wildman–Crippen MR) is 102 cm³/mol. The van der Waals surface area contributed by atoms with Crippen LogP contribution in [0.2, 0.25) is 0 Å². The Labute approximate surface area is 157 Å². The van der Waals surface area contributed by atoms with Crippen molar-refractivity contribution in [3.05, 3.63) is 40.3 Å². The number of benzene rings is 1. The van der Waals surface area contributed by atoms with E-state index in [9.17, 15) is 14.4 Å². The lowest BCUT2D eigenvalue weighted by molar-refractivity contribution is -0.129. The first-order chi connectivity index (χ1) is 13.0. The van der Waals surface area contributed by atoms with Crippen LogP contribution in [0.15, 0.2) is 29.1 Å². The second-order valence-electron chi connectivity index (χ2n) is 6.96. The SMILES string of the molecule is CCCn1nc(C(=O)OC(C)C(=O)NC2CCCC2)c2ccccc2c1=O. The van der Waals surface area contributed by atoms with Crippen LogP contribution in [0.1, 0.15) is 56.4 Å². The maximum absolute atomic E-state index is 12.7. The number of rotatable bonds is 6. The molecule has 1 amide bonds. The van der Waals surface area contributed by atoms with Crippen LogP contribution in [0.3, 0.4) is 0 Å². The fourth-order valence-corrected chi connectivity index (χ4v) is 3.41. The Bertz CT molecular complexity index is 900. The lowest BCUT2D eigenvalue weighted by Gasteiger charge is -2.17. The number of hydrogen-bond donors (Lipinski definition) is 1. The molecule has 7 heteroatoms. The van der Waals surface area contributed by atoms with Crippen molar-refractivity contribution in [3.8, 4) is 0 Å². The molecule has 0 aliphatic heterocycles. The van der Waals surface area contributed by atoms with Crippen molar-refractivity contribution in [3.63, 3.8) is 0 Å². The first kappa shape index (κ1) is 19.1. The van der Waals surface area contributed by atoms with Gasteiger partial charge in [0.15, 0.2) is 11.8 Å². The molecule has 1 N–H and O–H groups in total. The molecular formula is C20H25N3O4. The average Bonchev–Trinajstić information content (AvgIpc) is 3.17. The Hall–Kier alpha value is -2.70. The van der Waals surface area contributed by atoms with Crippen molar-refractivity contribution in [2.45, 2.75) is 64.6 Å². The second-order valence-corrected chi connectivity index (χ2v) is 6.96. The molecule has 1 saturated carbocycles. The van der Waals surface area contributed by atoms with Crippen LogP contribution in [0.25, 0.3) is 10.8 Å². The summed E-state index contributed by atoms with van der Waals surface area (Å²) in [7, 11) is 0. The Morgan fingerprint density at radius 1 is 1.26 bits per heavy atom. The van der Waals surface area contributed by atoms with Gasteiger partial charge in [-0.3, -0.25) is 9.59 Å². The predicted octanol–water partition coefficient (Wildman–Crippen LogP) is 2.41. The summed E-state index contributed by atoms with van der Waals surface area (Å²) in [6.45, 7) is 3.88. The summed E-state index contributed by atoms with van der Waals surface area (Å²) in [5, 5.41) is 7.97. The third kappa shape index (κ3) is 4.18. The monoisotopic (exact) mass is 371 g/mol. The molecule has 1 atom stereocenters. The van der Waals surface area contributed by atoms with E-state index in [2.05, 4.69) is 10.4 Å². The molecule has 1 unspecified atom stereocenters. The number of esters is 1. The highest BCUT2D eigenvalue weighted by atomic mass is 16.5. The molecule has 27 heavy (non-hydrogen) atoms. The zero-order chi connectivity index (χ0) is 19.4. The van der Waals surface area contributed by atoms with Crippen molar-refractivity contribution in [2.75, 3.05) is 0 Å². The number of hydrogen-bond acceptors (Lipinski definition) is 5. The molecule has 1 heterocycles. The topological polar surface area (TPSA) is 90.3 Å². The Balaban J connectivity index is 1.83. The Morgan fingerprint density at radius 2 is 1.93 bits per heavy atom. The summed E-state index contributed by atoms with van der Waals surface area (Å²) >= 11 is 0. The van der Waals surface area contributed by atoms with Gasteiger partial charge in [-0.2, -0.15) is 5.10 Å². The standard InChI is InChI=1S/C20H25N3O4/c1-3-12-23-19(25)16-11-7-6-10-15(16)17(22-23)20(26)27-13(2)18(24)21-14-8-4-5-9-14/h6-7,10-11,13-14H,3-5,8-9,12H2,1-2H3,(H,21,24). The molecular weight excluding hydrogens is 346 g/mol. The largest absolute Gasteiger partial charge is 0.448 e. The molecule has 1 fully saturated rings. The Morgan fingerprint density at radius 3 is 2.59 bits per heavy atom. The normalized spacial score (nSPS) is 15.6. The van der Waals surface area contributed by atoms with Gasteiger partial charge in [-0.05, 0) is 32.3 Å². The minimum Gasteiger partial charge on any atom is -0.448 e. The van der Waals surface area contributed by atoms with Crippen molar-refractivity contribution in [1.29, 1.82) is 0 Å². The van der Waals surface area contributed by atoms with Gasteiger partial charge in [0, 0.05) is 18.0 Å². The number of nitrogens with one attached hydrogen (secondary N) is 1. The number of aromatic nitrogens is 2. The summed E-state index contributed by atoms with van der Waals surface area (Å²) in [6.07, 6.45) is 3.91. The van der Waals surface area contributed by atoms with Gasteiger partial charge in [-0.15, -0.1) is 0 Å². The van der Waals surface area contributed by atoms with Gasteiger partial charge in [0.1, 0.15) is 0 Å². The number of aryl methyl sites for hydroxylation is 1. The summed E-state index contributed by atoms with van der Waals surface area (Å²) in [4.78, 5) is 37.5. The molecule has 0 saturated heterocycles. The summed E-state index contributed by atoms with van der Waals surface area (Å²) in [5.41, 5.74) is -0.185. The highest BCUT2D eigenvalue weighted by Crippen LogP contribution is 2.18. The minimum absolute atomic E-state index is 0.0548. The van der Waals surface area contributed by atoms with E-state index in [1.54, 1.807) is 31.2 Å². The zero-order valence-corrected chi connectivity index (χ0v) is 15.7. The van der Waals surface area contributed by atoms with E-state index in [0.717, 1.165) is 25.7 Å². The van der Waals surface area contributed by atoms with Gasteiger partial charge in [-0.25, -0.2) is 9.48 Å².